The van der Waals surface area contributed by atoms with Gasteiger partial charge in [-0.25, -0.2) is 0 Å². The molecule has 1 fully saturated rings. The fraction of sp³-hybridized carbons (Fsp3) is 0.353. The van der Waals surface area contributed by atoms with Crippen LogP contribution in [0.15, 0.2) is 36.5 Å². The Hall–Kier alpha value is -2.27. The van der Waals surface area contributed by atoms with Crippen molar-refractivity contribution in [3.63, 3.8) is 0 Å². The highest BCUT2D eigenvalue weighted by Gasteiger charge is 2.36. The minimum Gasteiger partial charge on any atom is -0.497 e. The molecular formula is C17H20N2O3. The second-order valence-corrected chi connectivity index (χ2v) is 5.66. The number of β-amino-alcohol motifs (C(OH)–C–C–N with tert-alkyl or cyclic N) is 1. The van der Waals surface area contributed by atoms with Crippen LogP contribution in [-0.2, 0) is 0 Å². The Morgan fingerprint density at radius 1 is 1.41 bits per heavy atom. The molecule has 0 unspecified atom stereocenters. The molecule has 0 radical (unpaired) electrons. The summed E-state index contributed by atoms with van der Waals surface area (Å²) in [4.78, 5) is 17.5. The van der Waals surface area contributed by atoms with E-state index in [-0.39, 0.29) is 11.9 Å². The summed E-state index contributed by atoms with van der Waals surface area (Å²) in [6, 6.07) is 9.32. The fourth-order valence-corrected chi connectivity index (χ4v) is 3.04. The minimum atomic E-state index is -0.501. The summed E-state index contributed by atoms with van der Waals surface area (Å²) in [6.45, 7) is 2.23. The first-order chi connectivity index (χ1) is 10.6. The second kappa shape index (κ2) is 5.85. The van der Waals surface area contributed by atoms with Gasteiger partial charge in [0.15, 0.2) is 0 Å². The van der Waals surface area contributed by atoms with Gasteiger partial charge in [-0.2, -0.15) is 0 Å². The third-order valence-electron chi connectivity index (χ3n) is 4.20. The molecule has 1 aliphatic heterocycles. The molecule has 0 bridgehead atoms. The molecule has 116 valence electrons. The maximum absolute atomic E-state index is 12.8. The van der Waals surface area contributed by atoms with Crippen LogP contribution in [0.25, 0.3) is 0 Å². The largest absolute Gasteiger partial charge is 0.497 e. The Morgan fingerprint density at radius 2 is 2.23 bits per heavy atom. The summed E-state index contributed by atoms with van der Waals surface area (Å²) < 4.78 is 5.26. The zero-order valence-corrected chi connectivity index (χ0v) is 12.7. The van der Waals surface area contributed by atoms with Crippen molar-refractivity contribution < 1.29 is 14.6 Å². The first-order valence-corrected chi connectivity index (χ1v) is 7.37. The van der Waals surface area contributed by atoms with Crippen molar-refractivity contribution in [1.29, 1.82) is 0 Å². The highest BCUT2D eigenvalue weighted by molar-refractivity contribution is 5.95. The average Bonchev–Trinajstić information content (AvgIpc) is 3.12. The molecule has 0 spiro atoms. The molecule has 2 heterocycles. The predicted molar refractivity (Wildman–Crippen MR) is 82.9 cm³/mol. The number of aromatic amines is 1. The van der Waals surface area contributed by atoms with Crippen LogP contribution in [-0.4, -0.2) is 40.7 Å². The monoisotopic (exact) mass is 300 g/mol. The highest BCUT2D eigenvalue weighted by Crippen LogP contribution is 2.35. The van der Waals surface area contributed by atoms with E-state index in [1.807, 2.05) is 31.2 Å². The Balaban J connectivity index is 1.92. The van der Waals surface area contributed by atoms with Crippen LogP contribution >= 0.6 is 0 Å². The standard InChI is InChI=1S/C17H20N2O3/c1-11-15(6-7-18-11)17(21)19-10-13(20)9-16(19)12-4-3-5-14(8-12)22-2/h3-8,13,16,18,20H,9-10H2,1-2H3/t13-,16-/m0/s1. The molecule has 1 aromatic carbocycles. The smallest absolute Gasteiger partial charge is 0.256 e. The molecule has 1 aliphatic rings. The topological polar surface area (TPSA) is 65.6 Å². The number of ether oxygens (including phenoxy) is 1. The van der Waals surface area contributed by atoms with Gasteiger partial charge >= 0.3 is 0 Å². The van der Waals surface area contributed by atoms with Crippen molar-refractivity contribution in [2.45, 2.75) is 25.5 Å². The number of carbonyl (C=O) groups excluding carboxylic acids is 1. The van der Waals surface area contributed by atoms with Gasteiger partial charge in [0.25, 0.3) is 5.91 Å². The maximum atomic E-state index is 12.8. The molecule has 0 saturated carbocycles. The SMILES string of the molecule is COc1cccc([C@@H]2C[C@H](O)CN2C(=O)c2cc[nH]c2C)c1. The van der Waals surface area contributed by atoms with Crippen molar-refractivity contribution in [2.75, 3.05) is 13.7 Å². The molecule has 1 saturated heterocycles. The van der Waals surface area contributed by atoms with E-state index in [4.69, 9.17) is 4.74 Å². The summed E-state index contributed by atoms with van der Waals surface area (Å²) in [6.07, 6.45) is 1.80. The number of hydrogen-bond acceptors (Lipinski definition) is 3. The third-order valence-corrected chi connectivity index (χ3v) is 4.20. The van der Waals surface area contributed by atoms with Gasteiger partial charge in [-0.3, -0.25) is 4.79 Å². The van der Waals surface area contributed by atoms with Crippen LogP contribution in [0, 0.1) is 6.92 Å². The van der Waals surface area contributed by atoms with E-state index in [2.05, 4.69) is 4.98 Å². The van der Waals surface area contributed by atoms with E-state index in [1.54, 1.807) is 24.3 Å². The first kappa shape index (κ1) is 14.7. The normalized spacial score (nSPS) is 21.1. The van der Waals surface area contributed by atoms with E-state index >= 15 is 0 Å². The van der Waals surface area contributed by atoms with Crippen molar-refractivity contribution >= 4 is 5.91 Å². The number of amides is 1. The Morgan fingerprint density at radius 3 is 2.91 bits per heavy atom. The zero-order chi connectivity index (χ0) is 15.7. The van der Waals surface area contributed by atoms with Gasteiger partial charge in [0.05, 0.1) is 24.8 Å². The Labute approximate surface area is 129 Å². The van der Waals surface area contributed by atoms with Gasteiger partial charge in [-0.05, 0) is 37.1 Å². The number of aryl methyl sites for hydroxylation is 1. The van der Waals surface area contributed by atoms with Gasteiger partial charge in [0, 0.05) is 18.4 Å². The van der Waals surface area contributed by atoms with Gasteiger partial charge in [-0.1, -0.05) is 12.1 Å². The van der Waals surface area contributed by atoms with Crippen LogP contribution in [0.4, 0.5) is 0 Å². The fourth-order valence-electron chi connectivity index (χ4n) is 3.04. The number of hydrogen-bond donors (Lipinski definition) is 2. The number of aliphatic hydroxyl groups is 1. The number of benzene rings is 1. The minimum absolute atomic E-state index is 0.0527. The van der Waals surface area contributed by atoms with Gasteiger partial charge in [0.1, 0.15) is 5.75 Å². The number of nitrogens with one attached hydrogen (secondary N) is 1. The average molecular weight is 300 g/mol. The number of carbonyl (C=O) groups is 1. The van der Waals surface area contributed by atoms with Crippen molar-refractivity contribution in [1.82, 2.24) is 9.88 Å². The lowest BCUT2D eigenvalue weighted by Crippen LogP contribution is -2.32. The van der Waals surface area contributed by atoms with E-state index in [9.17, 15) is 9.90 Å². The number of aliphatic hydroxyl groups excluding tert-OH is 1. The van der Waals surface area contributed by atoms with Gasteiger partial charge in [0.2, 0.25) is 0 Å². The van der Waals surface area contributed by atoms with E-state index in [1.165, 1.54) is 0 Å². The van der Waals surface area contributed by atoms with Crippen LogP contribution < -0.4 is 4.74 Å². The Kier molecular flexibility index (Phi) is 3.90. The molecule has 1 aromatic heterocycles. The molecule has 2 N–H and O–H groups in total. The van der Waals surface area contributed by atoms with Crippen LogP contribution in [0.1, 0.15) is 34.1 Å². The first-order valence-electron chi connectivity index (χ1n) is 7.37. The Bertz CT molecular complexity index is 680. The highest BCUT2D eigenvalue weighted by atomic mass is 16.5. The third kappa shape index (κ3) is 2.60. The summed E-state index contributed by atoms with van der Waals surface area (Å²) in [5, 5.41) is 10.0. The molecule has 3 rings (SSSR count). The lowest BCUT2D eigenvalue weighted by atomic mass is 10.0. The number of rotatable bonds is 3. The van der Waals surface area contributed by atoms with Gasteiger partial charge in [-0.15, -0.1) is 0 Å². The summed E-state index contributed by atoms with van der Waals surface area (Å²) in [7, 11) is 1.62. The number of likely N-dealkylation sites (tertiary alicyclic amines) is 1. The van der Waals surface area contributed by atoms with Crippen molar-refractivity contribution in [2.24, 2.45) is 0 Å². The van der Waals surface area contributed by atoms with Crippen LogP contribution in [0.5, 0.6) is 5.75 Å². The predicted octanol–water partition coefficient (Wildman–Crippen LogP) is 2.28. The lowest BCUT2D eigenvalue weighted by molar-refractivity contribution is 0.0715. The zero-order valence-electron chi connectivity index (χ0n) is 12.7. The quantitative estimate of drug-likeness (QED) is 0.914. The number of methoxy groups -OCH3 is 1. The molecule has 1 amide bonds. The summed E-state index contributed by atoms with van der Waals surface area (Å²) in [5.41, 5.74) is 2.48. The molecule has 5 heteroatoms. The lowest BCUT2D eigenvalue weighted by Gasteiger charge is -2.25. The van der Waals surface area contributed by atoms with Crippen LogP contribution in [0.3, 0.4) is 0 Å². The molecule has 5 nitrogen and oxygen atoms in total. The van der Waals surface area contributed by atoms with Crippen molar-refractivity contribution in [3.8, 4) is 5.75 Å². The second-order valence-electron chi connectivity index (χ2n) is 5.66. The van der Waals surface area contributed by atoms with Crippen molar-refractivity contribution in [3.05, 3.63) is 53.3 Å². The maximum Gasteiger partial charge on any atom is 0.256 e. The number of H-pyrrole nitrogens is 1. The van der Waals surface area contributed by atoms with Crippen LogP contribution in [0.2, 0.25) is 0 Å². The van der Waals surface area contributed by atoms with E-state index in [0.717, 1.165) is 17.0 Å². The molecule has 2 atom stereocenters. The summed E-state index contributed by atoms with van der Waals surface area (Å²) in [5.74, 6) is 0.701. The summed E-state index contributed by atoms with van der Waals surface area (Å²) >= 11 is 0. The number of aromatic nitrogens is 1. The van der Waals surface area contributed by atoms with E-state index < -0.39 is 6.10 Å². The number of nitrogens with zero attached hydrogens (tertiary/aromatic N) is 1. The van der Waals surface area contributed by atoms with Gasteiger partial charge < -0.3 is 19.7 Å². The molecule has 2 aromatic rings. The molecule has 0 aliphatic carbocycles. The molecule has 22 heavy (non-hydrogen) atoms. The van der Waals surface area contributed by atoms with E-state index in [0.29, 0.717) is 18.5 Å². The molecular weight excluding hydrogens is 280 g/mol.